The van der Waals surface area contributed by atoms with Gasteiger partial charge in [0.2, 0.25) is 0 Å². The van der Waals surface area contributed by atoms with Gasteiger partial charge in [-0.25, -0.2) is 0 Å². The fourth-order valence-electron chi connectivity index (χ4n) is 8.28. The van der Waals surface area contributed by atoms with Crippen molar-refractivity contribution in [2.75, 3.05) is 0 Å². The molecule has 6 aliphatic rings. The van der Waals surface area contributed by atoms with Gasteiger partial charge in [0.05, 0.1) is 0 Å². The van der Waals surface area contributed by atoms with Gasteiger partial charge >= 0.3 is 0 Å². The molecule has 0 heteroatoms. The van der Waals surface area contributed by atoms with E-state index in [0.717, 1.165) is 10.8 Å². The zero-order chi connectivity index (χ0) is 20.5. The SMILES string of the molecule is CCCCC12CC(c3ccc(-c4ccc(C56CC(CCCC)(C5)C6)cc4)cc3)(C1)C2. The second-order valence-electron chi connectivity index (χ2n) is 12.0. The van der Waals surface area contributed by atoms with E-state index in [0.29, 0.717) is 10.8 Å². The molecule has 8 rings (SSSR count). The van der Waals surface area contributed by atoms with Crippen LogP contribution in [0.4, 0.5) is 0 Å². The van der Waals surface area contributed by atoms with Crippen LogP contribution < -0.4 is 0 Å². The summed E-state index contributed by atoms with van der Waals surface area (Å²) in [4.78, 5) is 0. The third kappa shape index (κ3) is 2.64. The minimum absolute atomic E-state index is 0.550. The molecular formula is C30H38. The van der Waals surface area contributed by atoms with Crippen LogP contribution in [0, 0.1) is 10.8 Å². The normalized spacial score (nSPS) is 37.5. The molecule has 0 amide bonds. The van der Waals surface area contributed by atoms with Crippen molar-refractivity contribution in [3.05, 3.63) is 59.7 Å². The van der Waals surface area contributed by atoms with Crippen LogP contribution in [0.1, 0.15) is 102 Å². The maximum absolute atomic E-state index is 2.44. The van der Waals surface area contributed by atoms with E-state index in [9.17, 15) is 0 Å². The minimum atomic E-state index is 0.550. The van der Waals surface area contributed by atoms with Crippen LogP contribution in [0.25, 0.3) is 11.1 Å². The highest BCUT2D eigenvalue weighted by atomic mass is 14.7. The third-order valence-corrected chi connectivity index (χ3v) is 9.73. The van der Waals surface area contributed by atoms with Crippen LogP contribution in [0.2, 0.25) is 0 Å². The topological polar surface area (TPSA) is 0 Å². The molecule has 6 aliphatic carbocycles. The number of hydrogen-bond donors (Lipinski definition) is 0. The fraction of sp³-hybridized carbons (Fsp3) is 0.600. The highest BCUT2D eigenvalue weighted by molar-refractivity contribution is 5.65. The van der Waals surface area contributed by atoms with Gasteiger partial charge < -0.3 is 0 Å². The summed E-state index contributed by atoms with van der Waals surface area (Å²) in [6.07, 6.45) is 17.2. The van der Waals surface area contributed by atoms with Gasteiger partial charge in [-0.3, -0.25) is 0 Å². The largest absolute Gasteiger partial charge is 0.0654 e. The van der Waals surface area contributed by atoms with E-state index in [-0.39, 0.29) is 0 Å². The fourth-order valence-corrected chi connectivity index (χ4v) is 8.28. The smallest absolute Gasteiger partial charge is 0.00311 e. The molecule has 0 radical (unpaired) electrons. The van der Waals surface area contributed by atoms with Crippen LogP contribution in [-0.4, -0.2) is 0 Å². The number of unbranched alkanes of at least 4 members (excludes halogenated alkanes) is 2. The molecule has 0 spiro atoms. The summed E-state index contributed by atoms with van der Waals surface area (Å²) >= 11 is 0. The highest BCUT2D eigenvalue weighted by Crippen LogP contribution is 2.76. The summed E-state index contributed by atoms with van der Waals surface area (Å²) in [7, 11) is 0. The molecule has 0 unspecified atom stereocenters. The molecular weight excluding hydrogens is 360 g/mol. The van der Waals surface area contributed by atoms with E-state index in [1.165, 1.54) is 88.2 Å². The van der Waals surface area contributed by atoms with E-state index in [2.05, 4.69) is 62.4 Å². The van der Waals surface area contributed by atoms with Gasteiger partial charge in [0, 0.05) is 0 Å². The van der Waals surface area contributed by atoms with Crippen molar-refractivity contribution in [1.82, 2.24) is 0 Å². The lowest BCUT2D eigenvalue weighted by molar-refractivity contribution is -0.147. The first-order chi connectivity index (χ1) is 14.5. The van der Waals surface area contributed by atoms with Crippen LogP contribution in [0.3, 0.4) is 0 Å². The monoisotopic (exact) mass is 398 g/mol. The molecule has 2 aromatic rings. The average molecular weight is 399 g/mol. The minimum Gasteiger partial charge on any atom is -0.0654 e. The van der Waals surface area contributed by atoms with Crippen molar-refractivity contribution in [3.8, 4) is 11.1 Å². The average Bonchev–Trinajstić information content (AvgIpc) is 2.65. The summed E-state index contributed by atoms with van der Waals surface area (Å²) in [6.45, 7) is 4.65. The zero-order valence-corrected chi connectivity index (χ0v) is 19.1. The summed E-state index contributed by atoms with van der Waals surface area (Å²) in [5.74, 6) is 0. The first-order valence-corrected chi connectivity index (χ1v) is 12.8. The van der Waals surface area contributed by atoms with E-state index in [1.54, 1.807) is 11.1 Å². The standard InChI is InChI=1S/C30H38/c1-3-5-15-27-17-29(18-27,19-27)25-11-7-23(8-12-25)24-9-13-26(14-10-24)30-20-28(21-30,22-30)16-6-4-2/h7-14H,3-6,15-22H2,1-2H3. The molecule has 2 aromatic carbocycles. The van der Waals surface area contributed by atoms with Gasteiger partial charge in [-0.15, -0.1) is 0 Å². The van der Waals surface area contributed by atoms with Crippen LogP contribution >= 0.6 is 0 Å². The first kappa shape index (κ1) is 19.1. The summed E-state index contributed by atoms with van der Waals surface area (Å²) in [6, 6.07) is 19.3. The second-order valence-corrected chi connectivity index (χ2v) is 12.0. The Morgan fingerprint density at radius 1 is 0.533 bits per heavy atom. The highest BCUT2D eigenvalue weighted by Gasteiger charge is 2.68. The third-order valence-electron chi connectivity index (χ3n) is 9.73. The Morgan fingerprint density at radius 2 is 0.867 bits per heavy atom. The van der Waals surface area contributed by atoms with Crippen molar-refractivity contribution in [1.29, 1.82) is 0 Å². The Kier molecular flexibility index (Phi) is 4.13. The molecule has 6 fully saturated rings. The number of benzene rings is 2. The molecule has 0 aromatic heterocycles. The van der Waals surface area contributed by atoms with Crippen molar-refractivity contribution >= 4 is 0 Å². The maximum atomic E-state index is 2.44. The zero-order valence-electron chi connectivity index (χ0n) is 19.1. The predicted octanol–water partition coefficient (Wildman–Crippen LogP) is 8.58. The van der Waals surface area contributed by atoms with Gasteiger partial charge in [-0.2, -0.15) is 0 Å². The van der Waals surface area contributed by atoms with E-state index in [4.69, 9.17) is 0 Å². The van der Waals surface area contributed by atoms with Gasteiger partial charge in [-0.05, 0) is 95.3 Å². The molecule has 0 nitrogen and oxygen atoms in total. The molecule has 30 heavy (non-hydrogen) atoms. The quantitative estimate of drug-likeness (QED) is 0.397. The van der Waals surface area contributed by atoms with Crippen LogP contribution in [-0.2, 0) is 10.8 Å². The lowest BCUT2D eigenvalue weighted by Crippen LogP contribution is -2.64. The lowest BCUT2D eigenvalue weighted by Gasteiger charge is -2.72. The molecule has 158 valence electrons. The number of hydrogen-bond acceptors (Lipinski definition) is 0. The number of rotatable bonds is 9. The lowest BCUT2D eigenvalue weighted by atomic mass is 9.32. The van der Waals surface area contributed by atoms with Gasteiger partial charge in [-0.1, -0.05) is 88.1 Å². The molecule has 0 aliphatic heterocycles. The molecule has 0 N–H and O–H groups in total. The van der Waals surface area contributed by atoms with Crippen LogP contribution in [0.5, 0.6) is 0 Å². The van der Waals surface area contributed by atoms with Crippen molar-refractivity contribution in [3.63, 3.8) is 0 Å². The van der Waals surface area contributed by atoms with Gasteiger partial charge in [0.1, 0.15) is 0 Å². The first-order valence-electron chi connectivity index (χ1n) is 12.8. The predicted molar refractivity (Wildman–Crippen MR) is 127 cm³/mol. The Bertz CT molecular complexity index is 810. The molecule has 0 heterocycles. The van der Waals surface area contributed by atoms with Crippen molar-refractivity contribution < 1.29 is 0 Å². The Hall–Kier alpha value is -1.56. The van der Waals surface area contributed by atoms with Crippen molar-refractivity contribution in [2.45, 2.75) is 102 Å². The summed E-state index contributed by atoms with van der Waals surface area (Å²) in [5, 5.41) is 0. The van der Waals surface area contributed by atoms with E-state index < -0.39 is 0 Å². The Labute approximate surface area is 183 Å². The van der Waals surface area contributed by atoms with E-state index in [1.807, 2.05) is 0 Å². The molecule has 4 bridgehead atoms. The van der Waals surface area contributed by atoms with Gasteiger partial charge in [0.25, 0.3) is 0 Å². The van der Waals surface area contributed by atoms with Crippen LogP contribution in [0.15, 0.2) is 48.5 Å². The summed E-state index contributed by atoms with van der Waals surface area (Å²) in [5.41, 5.74) is 8.55. The molecule has 6 saturated carbocycles. The maximum Gasteiger partial charge on any atom is -0.00311 e. The molecule has 0 saturated heterocycles. The van der Waals surface area contributed by atoms with Crippen molar-refractivity contribution in [2.24, 2.45) is 10.8 Å². The Morgan fingerprint density at radius 3 is 1.17 bits per heavy atom. The Balaban J connectivity index is 1.09. The van der Waals surface area contributed by atoms with E-state index >= 15 is 0 Å². The van der Waals surface area contributed by atoms with Gasteiger partial charge in [0.15, 0.2) is 0 Å². The summed E-state index contributed by atoms with van der Waals surface area (Å²) < 4.78 is 0. The second kappa shape index (κ2) is 6.47. The molecule has 0 atom stereocenters.